The molecular weight excluding hydrogens is 326 g/mol. The molecule has 1 aliphatic heterocycles. The highest BCUT2D eigenvalue weighted by Crippen LogP contribution is 2.13. The average molecular weight is 347 g/mol. The lowest BCUT2D eigenvalue weighted by Crippen LogP contribution is -2.35. The van der Waals surface area contributed by atoms with Gasteiger partial charge in [-0.3, -0.25) is 9.69 Å². The van der Waals surface area contributed by atoms with Crippen molar-refractivity contribution in [2.45, 2.75) is 25.0 Å². The molecule has 1 amide bonds. The molecule has 0 radical (unpaired) electrons. The van der Waals surface area contributed by atoms with Gasteiger partial charge >= 0.3 is 0 Å². The van der Waals surface area contributed by atoms with Gasteiger partial charge in [0.15, 0.2) is 10.9 Å². The Morgan fingerprint density at radius 1 is 1.25 bits per heavy atom. The van der Waals surface area contributed by atoms with Gasteiger partial charge in [0.1, 0.15) is 5.76 Å². The van der Waals surface area contributed by atoms with E-state index in [1.807, 2.05) is 23.5 Å². The second kappa shape index (κ2) is 7.76. The molecule has 3 rings (SSSR count). The Labute approximate surface area is 145 Å². The Hall–Kier alpha value is -1.93. The van der Waals surface area contributed by atoms with Gasteiger partial charge in [0.2, 0.25) is 0 Å². The minimum Gasteiger partial charge on any atom is -0.361 e. The zero-order chi connectivity index (χ0) is 16.9. The van der Waals surface area contributed by atoms with Gasteiger partial charge in [0.25, 0.3) is 5.91 Å². The van der Waals surface area contributed by atoms with Gasteiger partial charge in [-0.2, -0.15) is 0 Å². The summed E-state index contributed by atoms with van der Waals surface area (Å²) in [4.78, 5) is 25.3. The van der Waals surface area contributed by atoms with Crippen molar-refractivity contribution in [1.29, 1.82) is 0 Å². The number of carbonyl (C=O) groups excluding carboxylic acids is 1. The fourth-order valence-corrected chi connectivity index (χ4v) is 3.07. The molecule has 0 unspecified atom stereocenters. The first-order valence-corrected chi connectivity index (χ1v) is 9.18. The molecule has 2 aromatic heterocycles. The molecule has 24 heavy (non-hydrogen) atoms. The smallest absolute Gasteiger partial charge is 0.276 e. The van der Waals surface area contributed by atoms with Gasteiger partial charge in [-0.05, 0) is 19.6 Å². The third-order valence-corrected chi connectivity index (χ3v) is 4.57. The Balaban J connectivity index is 1.57. The minimum absolute atomic E-state index is 0.0543. The van der Waals surface area contributed by atoms with E-state index in [2.05, 4.69) is 20.0 Å². The number of amides is 1. The molecule has 0 N–H and O–H groups in total. The van der Waals surface area contributed by atoms with Crippen LogP contribution in [-0.4, -0.2) is 63.3 Å². The molecule has 1 fully saturated rings. The maximum absolute atomic E-state index is 12.5. The van der Waals surface area contributed by atoms with Gasteiger partial charge in [0, 0.05) is 56.7 Å². The van der Waals surface area contributed by atoms with Crippen LogP contribution in [0.4, 0.5) is 0 Å². The number of thioether (sulfide) groups is 1. The van der Waals surface area contributed by atoms with Crippen molar-refractivity contribution < 1.29 is 9.32 Å². The van der Waals surface area contributed by atoms with Crippen molar-refractivity contribution in [3.63, 3.8) is 0 Å². The van der Waals surface area contributed by atoms with Gasteiger partial charge < -0.3 is 9.42 Å². The lowest BCUT2D eigenvalue weighted by molar-refractivity contribution is 0.0750. The summed E-state index contributed by atoms with van der Waals surface area (Å²) in [6, 6.07) is 1.69. The Morgan fingerprint density at radius 2 is 2.04 bits per heavy atom. The van der Waals surface area contributed by atoms with E-state index in [0.717, 1.165) is 43.3 Å². The predicted molar refractivity (Wildman–Crippen MR) is 90.9 cm³/mol. The quantitative estimate of drug-likeness (QED) is 0.617. The average Bonchev–Trinajstić information content (AvgIpc) is 2.90. The second-order valence-corrected chi connectivity index (χ2v) is 6.60. The molecule has 0 atom stereocenters. The standard InChI is InChI=1S/C16H21N5O2S/c1-12-8-14(19-23-12)15(22)21-5-3-4-20(6-7-21)11-13-9-17-16(24-2)18-10-13/h8-10H,3-7,11H2,1-2H3. The lowest BCUT2D eigenvalue weighted by atomic mass is 10.3. The maximum Gasteiger partial charge on any atom is 0.276 e. The highest BCUT2D eigenvalue weighted by atomic mass is 32.2. The van der Waals surface area contributed by atoms with Crippen molar-refractivity contribution in [1.82, 2.24) is 24.9 Å². The highest BCUT2D eigenvalue weighted by Gasteiger charge is 2.22. The van der Waals surface area contributed by atoms with E-state index in [9.17, 15) is 4.79 Å². The van der Waals surface area contributed by atoms with Gasteiger partial charge in [-0.25, -0.2) is 9.97 Å². The summed E-state index contributed by atoms with van der Waals surface area (Å²) in [6.45, 7) is 5.80. The molecule has 0 saturated carbocycles. The highest BCUT2D eigenvalue weighted by molar-refractivity contribution is 7.98. The Kier molecular flexibility index (Phi) is 5.47. The van der Waals surface area contributed by atoms with E-state index in [4.69, 9.17) is 4.52 Å². The van der Waals surface area contributed by atoms with Crippen molar-refractivity contribution in [3.8, 4) is 0 Å². The molecular formula is C16H21N5O2S. The van der Waals surface area contributed by atoms with Crippen LogP contribution in [0.25, 0.3) is 0 Å². The van der Waals surface area contributed by atoms with Crippen LogP contribution in [0.5, 0.6) is 0 Å². The number of hydrogen-bond donors (Lipinski definition) is 0. The number of carbonyl (C=O) groups is 1. The van der Waals surface area contributed by atoms with Gasteiger partial charge in [0.05, 0.1) is 0 Å². The number of aryl methyl sites for hydroxylation is 1. The SMILES string of the molecule is CSc1ncc(CN2CCCN(C(=O)c3cc(C)on3)CC2)cn1. The molecule has 1 aliphatic rings. The predicted octanol–water partition coefficient (Wildman–Crippen LogP) is 1.84. The zero-order valence-corrected chi connectivity index (χ0v) is 14.8. The van der Waals surface area contributed by atoms with Gasteiger partial charge in [-0.1, -0.05) is 16.9 Å². The second-order valence-electron chi connectivity index (χ2n) is 5.82. The van der Waals surface area contributed by atoms with Crippen molar-refractivity contribution in [2.24, 2.45) is 0 Å². The molecule has 0 aromatic carbocycles. The van der Waals surface area contributed by atoms with Crippen LogP contribution in [-0.2, 0) is 6.54 Å². The van der Waals surface area contributed by atoms with Crippen molar-refractivity contribution in [2.75, 3.05) is 32.4 Å². The number of hydrogen-bond acceptors (Lipinski definition) is 7. The number of nitrogens with zero attached hydrogens (tertiary/aromatic N) is 5. The van der Waals surface area contributed by atoms with E-state index in [1.165, 1.54) is 11.8 Å². The molecule has 3 heterocycles. The summed E-state index contributed by atoms with van der Waals surface area (Å²) in [6.07, 6.45) is 6.66. The van der Waals surface area contributed by atoms with E-state index in [-0.39, 0.29) is 5.91 Å². The first kappa shape index (κ1) is 16.9. The fourth-order valence-electron chi connectivity index (χ4n) is 2.75. The van der Waals surface area contributed by atoms with Crippen molar-refractivity contribution in [3.05, 3.63) is 35.5 Å². The largest absolute Gasteiger partial charge is 0.361 e. The molecule has 128 valence electrons. The third-order valence-electron chi connectivity index (χ3n) is 3.99. The van der Waals surface area contributed by atoms with E-state index in [1.54, 1.807) is 13.0 Å². The molecule has 0 bridgehead atoms. The monoisotopic (exact) mass is 347 g/mol. The fraction of sp³-hybridized carbons (Fsp3) is 0.500. The third kappa shape index (κ3) is 4.12. The minimum atomic E-state index is -0.0543. The van der Waals surface area contributed by atoms with Crippen molar-refractivity contribution >= 4 is 17.7 Å². The summed E-state index contributed by atoms with van der Waals surface area (Å²) >= 11 is 1.54. The van der Waals surface area contributed by atoms with Crippen LogP contribution in [0.2, 0.25) is 0 Å². The van der Waals surface area contributed by atoms with E-state index in [0.29, 0.717) is 18.0 Å². The van der Waals surface area contributed by atoms with Crippen LogP contribution >= 0.6 is 11.8 Å². The van der Waals surface area contributed by atoms with Gasteiger partial charge in [-0.15, -0.1) is 0 Å². The zero-order valence-electron chi connectivity index (χ0n) is 13.9. The number of aromatic nitrogens is 3. The Bertz CT molecular complexity index is 688. The first-order chi connectivity index (χ1) is 11.7. The van der Waals surface area contributed by atoms with Crippen LogP contribution in [0.1, 0.15) is 28.2 Å². The first-order valence-electron chi connectivity index (χ1n) is 7.95. The number of rotatable bonds is 4. The topological polar surface area (TPSA) is 75.4 Å². The van der Waals surface area contributed by atoms with E-state index < -0.39 is 0 Å². The summed E-state index contributed by atoms with van der Waals surface area (Å²) in [5.41, 5.74) is 1.49. The van der Waals surface area contributed by atoms with Crippen LogP contribution in [0.3, 0.4) is 0 Å². The molecule has 0 aliphatic carbocycles. The Morgan fingerprint density at radius 3 is 2.71 bits per heavy atom. The normalized spacial score (nSPS) is 16.2. The van der Waals surface area contributed by atoms with Crippen LogP contribution in [0, 0.1) is 6.92 Å². The maximum atomic E-state index is 12.5. The van der Waals surface area contributed by atoms with Crippen LogP contribution in [0.15, 0.2) is 28.1 Å². The molecule has 2 aromatic rings. The summed E-state index contributed by atoms with van der Waals surface area (Å²) in [5.74, 6) is 0.602. The molecule has 0 spiro atoms. The molecule has 7 nitrogen and oxygen atoms in total. The van der Waals surface area contributed by atoms with Crippen LogP contribution < -0.4 is 0 Å². The molecule has 1 saturated heterocycles. The summed E-state index contributed by atoms with van der Waals surface area (Å²) < 4.78 is 5.00. The summed E-state index contributed by atoms with van der Waals surface area (Å²) in [5, 5.41) is 4.61. The lowest BCUT2D eigenvalue weighted by Gasteiger charge is -2.21. The molecule has 8 heteroatoms. The van der Waals surface area contributed by atoms with E-state index >= 15 is 0 Å². The summed E-state index contributed by atoms with van der Waals surface area (Å²) in [7, 11) is 0.